The molecule has 0 N–H and O–H groups in total. The smallest absolute Gasteiger partial charge is 0.0352 e. The molecule has 0 saturated carbocycles. The molecule has 0 aromatic carbocycles. The van der Waals surface area contributed by atoms with E-state index in [2.05, 4.69) is 40.0 Å². The summed E-state index contributed by atoms with van der Waals surface area (Å²) in [6, 6.07) is 0. The molecular formula is C16H36. The lowest BCUT2D eigenvalue weighted by molar-refractivity contribution is 1.09. The molecule has 0 aromatic heterocycles. The van der Waals surface area contributed by atoms with Crippen LogP contribution in [0.1, 0.15) is 68.7 Å². The van der Waals surface area contributed by atoms with Gasteiger partial charge in [0.15, 0.2) is 0 Å². The highest BCUT2D eigenvalue weighted by atomic mass is 13.8. The number of rotatable bonds is 2. The van der Waals surface area contributed by atoms with Crippen LogP contribution in [-0.4, -0.2) is 0 Å². The van der Waals surface area contributed by atoms with Crippen LogP contribution >= 0.6 is 0 Å². The second kappa shape index (κ2) is 64.2. The van der Waals surface area contributed by atoms with Gasteiger partial charge in [0, 0.05) is 0 Å². The van der Waals surface area contributed by atoms with Crippen LogP contribution < -0.4 is 0 Å². The average molecular weight is 228 g/mol. The quantitative estimate of drug-likeness (QED) is 0.360. The Bertz CT molecular complexity index is 101. The van der Waals surface area contributed by atoms with Crippen LogP contribution in [0.4, 0.5) is 0 Å². The maximum Gasteiger partial charge on any atom is -0.0352 e. The summed E-state index contributed by atoms with van der Waals surface area (Å²) in [4.78, 5) is 0. The molecule has 0 bridgehead atoms. The minimum atomic E-state index is 1.19. The third-order valence-corrected chi connectivity index (χ3v) is 1.22. The van der Waals surface area contributed by atoms with Gasteiger partial charge in [-0.1, -0.05) is 85.4 Å². The standard InChI is InChI=1S/C6H12.C4H6.3C2H6/c1-4-6(3)5-2;1-3-4-2;3*1-2/h4H,5H2,1-3H3;3-4H,1-2H2;3*1-2H3/b6-4+;;;;. The van der Waals surface area contributed by atoms with E-state index in [9.17, 15) is 0 Å². The normalized spacial score (nSPS) is 6.94. The van der Waals surface area contributed by atoms with E-state index >= 15 is 0 Å². The topological polar surface area (TPSA) is 0 Å². The van der Waals surface area contributed by atoms with Crippen molar-refractivity contribution in [1.29, 1.82) is 0 Å². The van der Waals surface area contributed by atoms with Crippen molar-refractivity contribution in [2.75, 3.05) is 0 Å². The first-order chi connectivity index (χ1) is 7.72. The molecule has 0 unspecified atom stereocenters. The van der Waals surface area contributed by atoms with Crippen molar-refractivity contribution in [3.8, 4) is 0 Å². The summed E-state index contributed by atoms with van der Waals surface area (Å²) in [5.74, 6) is 0. The third-order valence-electron chi connectivity index (χ3n) is 1.22. The van der Waals surface area contributed by atoms with E-state index in [-0.39, 0.29) is 0 Å². The summed E-state index contributed by atoms with van der Waals surface area (Å²) >= 11 is 0. The zero-order chi connectivity index (χ0) is 14.4. The van der Waals surface area contributed by atoms with E-state index in [1.54, 1.807) is 12.2 Å². The molecule has 100 valence electrons. The first-order valence-corrected chi connectivity index (χ1v) is 6.58. The fraction of sp³-hybridized carbons (Fsp3) is 0.625. The number of allylic oxidation sites excluding steroid dienone is 4. The first kappa shape index (κ1) is 29.5. The summed E-state index contributed by atoms with van der Waals surface area (Å²) in [5.41, 5.74) is 1.47. The Hall–Kier alpha value is -0.780. The third kappa shape index (κ3) is 111. The van der Waals surface area contributed by atoms with Crippen LogP contribution in [0.25, 0.3) is 0 Å². The lowest BCUT2D eigenvalue weighted by Gasteiger charge is -1.85. The molecule has 16 heavy (non-hydrogen) atoms. The molecule has 0 atom stereocenters. The van der Waals surface area contributed by atoms with E-state index in [1.807, 2.05) is 41.5 Å². The largest absolute Gasteiger partial charge is 0.0991 e. The Labute approximate surface area is 106 Å². The van der Waals surface area contributed by atoms with E-state index in [1.165, 1.54) is 12.0 Å². The summed E-state index contributed by atoms with van der Waals surface area (Å²) in [6.45, 7) is 25.1. The molecule has 0 aromatic rings. The van der Waals surface area contributed by atoms with Crippen LogP contribution in [0, 0.1) is 0 Å². The van der Waals surface area contributed by atoms with E-state index in [0.29, 0.717) is 0 Å². The van der Waals surface area contributed by atoms with Gasteiger partial charge in [-0.2, -0.15) is 0 Å². The number of hydrogen-bond donors (Lipinski definition) is 0. The molecule has 0 rings (SSSR count). The second-order valence-electron chi connectivity index (χ2n) is 1.96. The highest BCUT2D eigenvalue weighted by molar-refractivity contribution is 4.93. The highest BCUT2D eigenvalue weighted by Gasteiger charge is 1.73. The van der Waals surface area contributed by atoms with Crippen LogP contribution in [0.15, 0.2) is 37.0 Å². The molecule has 0 saturated heterocycles. The van der Waals surface area contributed by atoms with Gasteiger partial charge in [-0.25, -0.2) is 0 Å². The molecule has 0 aliphatic heterocycles. The summed E-state index contributed by atoms with van der Waals surface area (Å²) < 4.78 is 0. The van der Waals surface area contributed by atoms with Gasteiger partial charge in [-0.15, -0.1) is 0 Å². The molecular weight excluding hydrogens is 192 g/mol. The SMILES string of the molecule is C/C=C(\C)CC.C=CC=C.CC.CC.CC. The van der Waals surface area contributed by atoms with Crippen LogP contribution in [0.2, 0.25) is 0 Å². The van der Waals surface area contributed by atoms with Crippen LogP contribution in [0.3, 0.4) is 0 Å². The van der Waals surface area contributed by atoms with Crippen molar-refractivity contribution in [3.05, 3.63) is 37.0 Å². The second-order valence-corrected chi connectivity index (χ2v) is 1.96. The Morgan fingerprint density at radius 3 is 1.12 bits per heavy atom. The Kier molecular flexibility index (Phi) is 118. The zero-order valence-corrected chi connectivity index (χ0v) is 13.4. The van der Waals surface area contributed by atoms with Crippen molar-refractivity contribution < 1.29 is 0 Å². The summed E-state index contributed by atoms with van der Waals surface area (Å²) in [7, 11) is 0. The molecule has 0 fully saturated rings. The lowest BCUT2D eigenvalue weighted by atomic mass is 10.2. The van der Waals surface area contributed by atoms with E-state index in [0.717, 1.165) is 0 Å². The van der Waals surface area contributed by atoms with E-state index < -0.39 is 0 Å². The molecule has 0 heterocycles. The van der Waals surface area contributed by atoms with E-state index in [4.69, 9.17) is 0 Å². The van der Waals surface area contributed by atoms with Gasteiger partial charge in [-0.05, 0) is 20.3 Å². The summed E-state index contributed by atoms with van der Waals surface area (Å²) in [5, 5.41) is 0. The van der Waals surface area contributed by atoms with Gasteiger partial charge in [0.25, 0.3) is 0 Å². The van der Waals surface area contributed by atoms with Crippen molar-refractivity contribution in [2.24, 2.45) is 0 Å². The molecule has 0 heteroatoms. The van der Waals surface area contributed by atoms with Gasteiger partial charge in [0.1, 0.15) is 0 Å². The average Bonchev–Trinajstić information content (AvgIpc) is 2.44. The predicted octanol–water partition coefficient (Wildman–Crippen LogP) is 6.80. The van der Waals surface area contributed by atoms with Gasteiger partial charge in [-0.3, -0.25) is 0 Å². The predicted molar refractivity (Wildman–Crippen MR) is 84.2 cm³/mol. The van der Waals surface area contributed by atoms with Crippen molar-refractivity contribution in [1.82, 2.24) is 0 Å². The lowest BCUT2D eigenvalue weighted by Crippen LogP contribution is -1.63. The fourth-order valence-corrected chi connectivity index (χ4v) is 0.204. The van der Waals surface area contributed by atoms with Gasteiger partial charge >= 0.3 is 0 Å². The van der Waals surface area contributed by atoms with Crippen molar-refractivity contribution in [3.63, 3.8) is 0 Å². The zero-order valence-electron chi connectivity index (χ0n) is 13.4. The Morgan fingerprint density at radius 2 is 1.12 bits per heavy atom. The highest BCUT2D eigenvalue weighted by Crippen LogP contribution is 1.94. The minimum absolute atomic E-state index is 1.19. The number of hydrogen-bond acceptors (Lipinski definition) is 0. The first-order valence-electron chi connectivity index (χ1n) is 6.58. The van der Waals surface area contributed by atoms with Crippen molar-refractivity contribution >= 4 is 0 Å². The molecule has 0 aliphatic rings. The van der Waals surface area contributed by atoms with Crippen molar-refractivity contribution in [2.45, 2.75) is 68.7 Å². The monoisotopic (exact) mass is 228 g/mol. The van der Waals surface area contributed by atoms with Gasteiger partial charge < -0.3 is 0 Å². The maximum atomic E-state index is 3.36. The van der Waals surface area contributed by atoms with Crippen LogP contribution in [0.5, 0.6) is 0 Å². The molecule has 0 aliphatic carbocycles. The molecule has 0 spiro atoms. The molecule has 0 nitrogen and oxygen atoms in total. The Morgan fingerprint density at radius 1 is 0.875 bits per heavy atom. The maximum absolute atomic E-state index is 3.36. The molecule has 0 radical (unpaired) electrons. The van der Waals surface area contributed by atoms with Gasteiger partial charge in [0.05, 0.1) is 0 Å². The molecule has 0 amide bonds. The van der Waals surface area contributed by atoms with Crippen LogP contribution in [-0.2, 0) is 0 Å². The Balaban J connectivity index is -0.0000000354. The fourth-order valence-electron chi connectivity index (χ4n) is 0.204. The van der Waals surface area contributed by atoms with Gasteiger partial charge in [0.2, 0.25) is 0 Å². The summed E-state index contributed by atoms with van der Waals surface area (Å²) in [6.07, 6.45) is 6.61. The minimum Gasteiger partial charge on any atom is -0.0991 e.